The zero-order valence-electron chi connectivity index (χ0n) is 9.26. The van der Waals surface area contributed by atoms with Crippen LogP contribution in [0.1, 0.15) is 11.1 Å². The highest BCUT2D eigenvalue weighted by atomic mass is 16.1. The maximum absolute atomic E-state index is 10.1. The van der Waals surface area contributed by atoms with E-state index in [2.05, 4.69) is 4.99 Å². The van der Waals surface area contributed by atoms with E-state index in [9.17, 15) is 4.79 Å². The van der Waals surface area contributed by atoms with Gasteiger partial charge in [0.2, 0.25) is 6.08 Å². The number of isocyanates is 1. The van der Waals surface area contributed by atoms with Crippen LogP contribution in [0, 0.1) is 0 Å². The molecule has 2 aromatic rings. The number of aliphatic imine (C=N–C) groups is 1. The molecule has 3 nitrogen and oxygen atoms in total. The first-order valence-corrected chi connectivity index (χ1v) is 5.29. The molecule has 0 atom stereocenters. The molecule has 0 radical (unpaired) electrons. The predicted octanol–water partition coefficient (Wildman–Crippen LogP) is 2.83. The molecule has 2 rings (SSSR count). The predicted molar refractivity (Wildman–Crippen MR) is 67.9 cm³/mol. The topological polar surface area (TPSA) is 55.4 Å². The molecule has 0 saturated heterocycles. The Balaban J connectivity index is 2.13. The zero-order valence-corrected chi connectivity index (χ0v) is 9.26. The molecular formula is C14H12N2O. The lowest BCUT2D eigenvalue weighted by Gasteiger charge is -2.02. The molecule has 0 aliphatic rings. The second-order valence-electron chi connectivity index (χ2n) is 3.79. The smallest absolute Gasteiger partial charge is 0.240 e. The van der Waals surface area contributed by atoms with E-state index in [1.807, 2.05) is 36.4 Å². The van der Waals surface area contributed by atoms with Gasteiger partial charge in [0.1, 0.15) is 0 Å². The molecule has 0 aliphatic heterocycles. The van der Waals surface area contributed by atoms with Crippen molar-refractivity contribution in [3.63, 3.8) is 0 Å². The number of rotatable bonds is 3. The number of nitrogens with two attached hydrogens (primary N) is 1. The molecule has 2 N–H and O–H groups in total. The lowest BCUT2D eigenvalue weighted by Crippen LogP contribution is -1.89. The van der Waals surface area contributed by atoms with Crippen LogP contribution in [0.4, 0.5) is 11.4 Å². The average Bonchev–Trinajstić information content (AvgIpc) is 2.35. The quantitative estimate of drug-likeness (QED) is 0.495. The maximum atomic E-state index is 10.1. The first kappa shape index (κ1) is 11.1. The number of nitrogens with zero attached hydrogens (tertiary/aromatic N) is 1. The molecule has 0 amide bonds. The fourth-order valence-electron chi connectivity index (χ4n) is 1.61. The highest BCUT2D eigenvalue weighted by Gasteiger charge is 1.96. The molecule has 0 aliphatic carbocycles. The van der Waals surface area contributed by atoms with E-state index in [1.165, 1.54) is 17.2 Å². The summed E-state index contributed by atoms with van der Waals surface area (Å²) in [7, 11) is 0. The number of hydrogen-bond acceptors (Lipinski definition) is 3. The average molecular weight is 224 g/mol. The number of nitrogen functional groups attached to an aromatic ring is 1. The van der Waals surface area contributed by atoms with Gasteiger partial charge in [-0.2, -0.15) is 4.99 Å². The summed E-state index contributed by atoms with van der Waals surface area (Å²) in [6.07, 6.45) is 2.36. The van der Waals surface area contributed by atoms with Crippen LogP contribution in [0.15, 0.2) is 53.5 Å². The van der Waals surface area contributed by atoms with Gasteiger partial charge in [-0.3, -0.25) is 0 Å². The first-order chi connectivity index (χ1) is 8.28. The molecule has 0 bridgehead atoms. The lowest BCUT2D eigenvalue weighted by atomic mass is 10.0. The van der Waals surface area contributed by atoms with Crippen LogP contribution >= 0.6 is 0 Å². The van der Waals surface area contributed by atoms with Crippen molar-refractivity contribution >= 4 is 17.5 Å². The van der Waals surface area contributed by atoms with E-state index in [0.717, 1.165) is 12.1 Å². The van der Waals surface area contributed by atoms with Crippen molar-refractivity contribution in [1.82, 2.24) is 0 Å². The summed E-state index contributed by atoms with van der Waals surface area (Å²) in [4.78, 5) is 13.6. The molecule has 0 unspecified atom stereocenters. The van der Waals surface area contributed by atoms with Crippen molar-refractivity contribution < 1.29 is 4.79 Å². The van der Waals surface area contributed by atoms with Gasteiger partial charge in [-0.25, -0.2) is 4.79 Å². The van der Waals surface area contributed by atoms with Gasteiger partial charge in [0.25, 0.3) is 0 Å². The maximum Gasteiger partial charge on any atom is 0.240 e. The summed E-state index contributed by atoms with van der Waals surface area (Å²) >= 11 is 0. The monoisotopic (exact) mass is 224 g/mol. The Bertz CT molecular complexity index is 537. The summed E-state index contributed by atoms with van der Waals surface area (Å²) in [5, 5.41) is 0. The Morgan fingerprint density at radius 3 is 2.00 bits per heavy atom. The van der Waals surface area contributed by atoms with E-state index < -0.39 is 0 Å². The molecule has 0 aromatic heterocycles. The van der Waals surface area contributed by atoms with E-state index in [0.29, 0.717) is 5.69 Å². The fraction of sp³-hybridized carbons (Fsp3) is 0.0714. The summed E-state index contributed by atoms with van der Waals surface area (Å²) in [6, 6.07) is 15.3. The van der Waals surface area contributed by atoms with Crippen molar-refractivity contribution in [2.45, 2.75) is 6.42 Å². The SMILES string of the molecule is Nc1ccc(Cc2ccc(N=C=O)cc2)cc1. The van der Waals surface area contributed by atoms with Crippen LogP contribution in [0.2, 0.25) is 0 Å². The van der Waals surface area contributed by atoms with Crippen molar-refractivity contribution in [2.75, 3.05) is 5.73 Å². The lowest BCUT2D eigenvalue weighted by molar-refractivity contribution is 0.565. The van der Waals surface area contributed by atoms with E-state index in [4.69, 9.17) is 5.73 Å². The van der Waals surface area contributed by atoms with Gasteiger partial charge < -0.3 is 5.73 Å². The Morgan fingerprint density at radius 1 is 0.941 bits per heavy atom. The van der Waals surface area contributed by atoms with Crippen LogP contribution in [0.5, 0.6) is 0 Å². The van der Waals surface area contributed by atoms with E-state index in [1.54, 1.807) is 12.1 Å². The van der Waals surface area contributed by atoms with Crippen molar-refractivity contribution in [3.8, 4) is 0 Å². The van der Waals surface area contributed by atoms with Crippen LogP contribution in [-0.4, -0.2) is 6.08 Å². The Kier molecular flexibility index (Phi) is 3.34. The summed E-state index contributed by atoms with van der Waals surface area (Å²) in [5.74, 6) is 0. The van der Waals surface area contributed by atoms with Gasteiger partial charge in [-0.1, -0.05) is 24.3 Å². The van der Waals surface area contributed by atoms with Gasteiger partial charge >= 0.3 is 0 Å². The van der Waals surface area contributed by atoms with Crippen LogP contribution in [0.3, 0.4) is 0 Å². The zero-order chi connectivity index (χ0) is 12.1. The third-order valence-electron chi connectivity index (χ3n) is 2.50. The fourth-order valence-corrected chi connectivity index (χ4v) is 1.61. The molecule has 84 valence electrons. The highest BCUT2D eigenvalue weighted by molar-refractivity contribution is 5.49. The minimum absolute atomic E-state index is 0.626. The molecule has 17 heavy (non-hydrogen) atoms. The van der Waals surface area contributed by atoms with E-state index in [-0.39, 0.29) is 0 Å². The highest BCUT2D eigenvalue weighted by Crippen LogP contribution is 2.16. The molecular weight excluding hydrogens is 212 g/mol. The molecule has 0 heterocycles. The minimum Gasteiger partial charge on any atom is -0.399 e. The van der Waals surface area contributed by atoms with Crippen LogP contribution in [0.25, 0.3) is 0 Å². The first-order valence-electron chi connectivity index (χ1n) is 5.29. The van der Waals surface area contributed by atoms with Gasteiger partial charge in [-0.15, -0.1) is 0 Å². The Labute approximate surface area is 99.6 Å². The Hall–Kier alpha value is -2.38. The van der Waals surface area contributed by atoms with Gasteiger partial charge in [0, 0.05) is 5.69 Å². The minimum atomic E-state index is 0.626. The van der Waals surface area contributed by atoms with Crippen molar-refractivity contribution in [2.24, 2.45) is 4.99 Å². The number of carbonyl (C=O) groups excluding carboxylic acids is 1. The molecule has 2 aromatic carbocycles. The van der Waals surface area contributed by atoms with E-state index >= 15 is 0 Å². The van der Waals surface area contributed by atoms with Crippen LogP contribution in [-0.2, 0) is 11.2 Å². The Morgan fingerprint density at radius 2 is 1.47 bits per heavy atom. The summed E-state index contributed by atoms with van der Waals surface area (Å²) < 4.78 is 0. The molecule has 0 fully saturated rings. The second-order valence-corrected chi connectivity index (χ2v) is 3.79. The molecule has 0 spiro atoms. The van der Waals surface area contributed by atoms with Crippen LogP contribution < -0.4 is 5.73 Å². The standard InChI is InChI=1S/C14H12N2O/c15-13-5-1-11(2-6-13)9-12-3-7-14(8-4-12)16-10-17/h1-8H,9,15H2. The second kappa shape index (κ2) is 5.10. The number of anilines is 1. The van der Waals surface area contributed by atoms with Crippen molar-refractivity contribution in [1.29, 1.82) is 0 Å². The summed E-state index contributed by atoms with van der Waals surface area (Å²) in [5.41, 5.74) is 9.38. The number of hydrogen-bond donors (Lipinski definition) is 1. The van der Waals surface area contributed by atoms with Crippen molar-refractivity contribution in [3.05, 3.63) is 59.7 Å². The molecule has 3 heteroatoms. The van der Waals surface area contributed by atoms with Gasteiger partial charge in [0.15, 0.2) is 0 Å². The molecule has 0 saturated carbocycles. The third-order valence-corrected chi connectivity index (χ3v) is 2.50. The largest absolute Gasteiger partial charge is 0.399 e. The summed E-state index contributed by atoms with van der Waals surface area (Å²) in [6.45, 7) is 0. The van der Waals surface area contributed by atoms with Gasteiger partial charge in [-0.05, 0) is 41.8 Å². The van der Waals surface area contributed by atoms with Gasteiger partial charge in [0.05, 0.1) is 5.69 Å². The normalized spacial score (nSPS) is 9.65. The third kappa shape index (κ3) is 3.03. The number of benzene rings is 2.